The SMILES string of the molecule is Cc1cc(C)nc(Sc2cccc(NC(=O)N(C)C)c2)n1. The summed E-state index contributed by atoms with van der Waals surface area (Å²) in [5, 5.41) is 3.53. The van der Waals surface area contributed by atoms with Crippen LogP contribution in [0.25, 0.3) is 0 Å². The molecular formula is C15H18N4OS. The number of aryl methyl sites for hydroxylation is 2. The third kappa shape index (κ3) is 4.46. The van der Waals surface area contributed by atoms with Crippen LogP contribution in [0, 0.1) is 13.8 Å². The molecule has 0 aliphatic rings. The zero-order chi connectivity index (χ0) is 15.4. The molecule has 6 heteroatoms. The molecule has 0 aliphatic heterocycles. The van der Waals surface area contributed by atoms with Crippen molar-refractivity contribution in [3.63, 3.8) is 0 Å². The standard InChI is InChI=1S/C15H18N4OS/c1-10-8-11(2)17-14(16-10)21-13-7-5-6-12(9-13)18-15(20)19(3)4/h5-9H,1-4H3,(H,18,20). The first kappa shape index (κ1) is 15.3. The fourth-order valence-corrected chi connectivity index (χ4v) is 2.64. The molecule has 2 rings (SSSR count). The molecule has 5 nitrogen and oxygen atoms in total. The minimum absolute atomic E-state index is 0.153. The van der Waals surface area contributed by atoms with Gasteiger partial charge in [0.15, 0.2) is 5.16 Å². The molecule has 1 aromatic heterocycles. The summed E-state index contributed by atoms with van der Waals surface area (Å²) >= 11 is 1.48. The van der Waals surface area contributed by atoms with Crippen LogP contribution < -0.4 is 5.32 Å². The van der Waals surface area contributed by atoms with Crippen LogP contribution >= 0.6 is 11.8 Å². The van der Waals surface area contributed by atoms with Crippen LogP contribution in [-0.2, 0) is 0 Å². The van der Waals surface area contributed by atoms with Crippen molar-refractivity contribution in [2.45, 2.75) is 23.9 Å². The van der Waals surface area contributed by atoms with E-state index in [-0.39, 0.29) is 6.03 Å². The van der Waals surface area contributed by atoms with Crippen LogP contribution in [0.5, 0.6) is 0 Å². The number of hydrogen-bond donors (Lipinski definition) is 1. The molecule has 2 amide bonds. The molecule has 1 aromatic carbocycles. The molecule has 0 spiro atoms. The van der Waals surface area contributed by atoms with Gasteiger partial charge in [0, 0.05) is 36.1 Å². The molecule has 1 N–H and O–H groups in total. The predicted molar refractivity (Wildman–Crippen MR) is 84.8 cm³/mol. The van der Waals surface area contributed by atoms with Gasteiger partial charge in [-0.3, -0.25) is 0 Å². The van der Waals surface area contributed by atoms with Gasteiger partial charge in [-0.15, -0.1) is 0 Å². The van der Waals surface area contributed by atoms with Crippen molar-refractivity contribution in [2.75, 3.05) is 19.4 Å². The van der Waals surface area contributed by atoms with Gasteiger partial charge in [-0.1, -0.05) is 6.07 Å². The summed E-state index contributed by atoms with van der Waals surface area (Å²) in [5.41, 5.74) is 2.65. The van der Waals surface area contributed by atoms with Crippen LogP contribution in [-0.4, -0.2) is 35.0 Å². The number of rotatable bonds is 3. The van der Waals surface area contributed by atoms with Gasteiger partial charge in [0.2, 0.25) is 0 Å². The highest BCUT2D eigenvalue weighted by atomic mass is 32.2. The highest BCUT2D eigenvalue weighted by molar-refractivity contribution is 7.99. The third-order valence-electron chi connectivity index (χ3n) is 2.66. The van der Waals surface area contributed by atoms with E-state index < -0.39 is 0 Å². The molecule has 21 heavy (non-hydrogen) atoms. The van der Waals surface area contributed by atoms with Crippen molar-refractivity contribution < 1.29 is 4.79 Å². The summed E-state index contributed by atoms with van der Waals surface area (Å²) in [4.78, 5) is 22.9. The Balaban J connectivity index is 2.15. The molecule has 0 saturated heterocycles. The number of carbonyl (C=O) groups excluding carboxylic acids is 1. The second-order valence-corrected chi connectivity index (χ2v) is 5.93. The number of nitrogens with one attached hydrogen (secondary N) is 1. The average Bonchev–Trinajstić information content (AvgIpc) is 2.37. The lowest BCUT2D eigenvalue weighted by Crippen LogP contribution is -2.27. The Kier molecular flexibility index (Phi) is 4.80. The molecule has 110 valence electrons. The maximum absolute atomic E-state index is 11.7. The summed E-state index contributed by atoms with van der Waals surface area (Å²) in [6.45, 7) is 3.90. The minimum atomic E-state index is -0.153. The van der Waals surface area contributed by atoms with E-state index in [1.165, 1.54) is 16.7 Å². The molecule has 0 fully saturated rings. The first-order valence-corrected chi connectivity index (χ1v) is 7.34. The van der Waals surface area contributed by atoms with E-state index >= 15 is 0 Å². The van der Waals surface area contributed by atoms with Gasteiger partial charge < -0.3 is 10.2 Å². The largest absolute Gasteiger partial charge is 0.331 e. The Hall–Kier alpha value is -2.08. The molecule has 0 aliphatic carbocycles. The number of carbonyl (C=O) groups is 1. The van der Waals surface area contributed by atoms with Crippen molar-refractivity contribution in [1.82, 2.24) is 14.9 Å². The highest BCUT2D eigenvalue weighted by Gasteiger charge is 2.06. The van der Waals surface area contributed by atoms with Gasteiger partial charge >= 0.3 is 6.03 Å². The Bertz CT molecular complexity index is 638. The van der Waals surface area contributed by atoms with Gasteiger partial charge in [0.25, 0.3) is 0 Å². The third-order valence-corrected chi connectivity index (χ3v) is 3.52. The summed E-state index contributed by atoms with van der Waals surface area (Å²) < 4.78 is 0. The zero-order valence-corrected chi connectivity index (χ0v) is 13.4. The lowest BCUT2D eigenvalue weighted by atomic mass is 10.3. The number of anilines is 1. The van der Waals surface area contributed by atoms with Crippen LogP contribution in [0.15, 0.2) is 40.4 Å². The summed E-state index contributed by atoms with van der Waals surface area (Å²) in [7, 11) is 3.41. The quantitative estimate of drug-likeness (QED) is 0.883. The van der Waals surface area contributed by atoms with Crippen molar-refractivity contribution >= 4 is 23.5 Å². The van der Waals surface area contributed by atoms with Crippen LogP contribution in [0.1, 0.15) is 11.4 Å². The molecule has 0 atom stereocenters. The van der Waals surface area contributed by atoms with Crippen LogP contribution in [0.2, 0.25) is 0 Å². The smallest absolute Gasteiger partial charge is 0.321 e. The Labute approximate surface area is 128 Å². The molecular weight excluding hydrogens is 284 g/mol. The first-order chi connectivity index (χ1) is 9.94. The fraction of sp³-hybridized carbons (Fsp3) is 0.267. The van der Waals surface area contributed by atoms with Gasteiger partial charge in [0.1, 0.15) is 0 Å². The van der Waals surface area contributed by atoms with E-state index in [2.05, 4.69) is 15.3 Å². The predicted octanol–water partition coefficient (Wildman–Crippen LogP) is 3.34. The number of hydrogen-bond acceptors (Lipinski definition) is 4. The molecule has 2 aromatic rings. The monoisotopic (exact) mass is 302 g/mol. The van der Waals surface area contributed by atoms with E-state index in [1.807, 2.05) is 44.2 Å². The summed E-state index contributed by atoms with van der Waals surface area (Å²) in [6.07, 6.45) is 0. The molecule has 0 bridgehead atoms. The number of urea groups is 1. The Morgan fingerprint density at radius 3 is 2.43 bits per heavy atom. The first-order valence-electron chi connectivity index (χ1n) is 6.52. The van der Waals surface area contributed by atoms with Gasteiger partial charge in [-0.2, -0.15) is 0 Å². The zero-order valence-electron chi connectivity index (χ0n) is 12.5. The lowest BCUT2D eigenvalue weighted by molar-refractivity contribution is 0.230. The Morgan fingerprint density at radius 1 is 1.14 bits per heavy atom. The highest BCUT2D eigenvalue weighted by Crippen LogP contribution is 2.27. The normalized spacial score (nSPS) is 10.3. The van der Waals surface area contributed by atoms with E-state index in [9.17, 15) is 4.79 Å². The van der Waals surface area contributed by atoms with E-state index in [1.54, 1.807) is 14.1 Å². The van der Waals surface area contributed by atoms with E-state index in [0.717, 1.165) is 22.0 Å². The Morgan fingerprint density at radius 2 is 1.81 bits per heavy atom. The van der Waals surface area contributed by atoms with Gasteiger partial charge in [-0.05, 0) is 49.9 Å². The molecule has 0 saturated carbocycles. The van der Waals surface area contributed by atoms with Gasteiger partial charge in [0.05, 0.1) is 0 Å². The second-order valence-electron chi connectivity index (χ2n) is 4.89. The maximum Gasteiger partial charge on any atom is 0.321 e. The number of nitrogens with zero attached hydrogens (tertiary/aromatic N) is 3. The van der Waals surface area contributed by atoms with Crippen molar-refractivity contribution in [3.05, 3.63) is 41.7 Å². The number of amides is 2. The van der Waals surface area contributed by atoms with E-state index in [0.29, 0.717) is 5.16 Å². The van der Waals surface area contributed by atoms with Crippen molar-refractivity contribution in [1.29, 1.82) is 0 Å². The average molecular weight is 302 g/mol. The van der Waals surface area contributed by atoms with Crippen molar-refractivity contribution in [2.24, 2.45) is 0 Å². The summed E-state index contributed by atoms with van der Waals surface area (Å²) in [5.74, 6) is 0. The van der Waals surface area contributed by atoms with E-state index in [4.69, 9.17) is 0 Å². The topological polar surface area (TPSA) is 58.1 Å². The van der Waals surface area contributed by atoms with Gasteiger partial charge in [-0.25, -0.2) is 14.8 Å². The fourth-order valence-electron chi connectivity index (χ4n) is 1.72. The second kappa shape index (κ2) is 6.58. The lowest BCUT2D eigenvalue weighted by Gasteiger charge is -2.12. The van der Waals surface area contributed by atoms with Crippen LogP contribution in [0.3, 0.4) is 0 Å². The number of benzene rings is 1. The summed E-state index contributed by atoms with van der Waals surface area (Å²) in [6, 6.07) is 9.42. The molecule has 0 radical (unpaired) electrons. The molecule has 1 heterocycles. The van der Waals surface area contributed by atoms with Crippen molar-refractivity contribution in [3.8, 4) is 0 Å². The molecule has 0 unspecified atom stereocenters. The number of aromatic nitrogens is 2. The minimum Gasteiger partial charge on any atom is -0.331 e. The van der Waals surface area contributed by atoms with Crippen LogP contribution in [0.4, 0.5) is 10.5 Å². The maximum atomic E-state index is 11.7.